The van der Waals surface area contributed by atoms with E-state index in [4.69, 9.17) is 13.2 Å². The minimum atomic E-state index is -0.610. The molecule has 0 bridgehead atoms. The quantitative estimate of drug-likeness (QED) is 0.493. The van der Waals surface area contributed by atoms with Crippen molar-refractivity contribution in [1.82, 2.24) is 15.4 Å². The van der Waals surface area contributed by atoms with Gasteiger partial charge in [-0.3, -0.25) is 0 Å². The lowest BCUT2D eigenvalue weighted by atomic mass is 9.53. The first-order valence-corrected chi connectivity index (χ1v) is 7.77. The smallest absolute Gasteiger partial charge is 0.317 e. The fourth-order valence-corrected chi connectivity index (χ4v) is 4.07. The zero-order valence-corrected chi connectivity index (χ0v) is 15.3. The van der Waals surface area contributed by atoms with Crippen molar-refractivity contribution in [3.05, 3.63) is 51.1 Å². The van der Waals surface area contributed by atoms with Crippen LogP contribution in [0.5, 0.6) is 0 Å². The monoisotopic (exact) mass is 348 g/mol. The van der Waals surface area contributed by atoms with Gasteiger partial charge in [0.15, 0.2) is 5.78 Å². The van der Waals surface area contributed by atoms with E-state index >= 15 is 0 Å². The van der Waals surface area contributed by atoms with E-state index in [9.17, 15) is 9.59 Å². The highest BCUT2D eigenvalue weighted by Crippen LogP contribution is 2.53. The summed E-state index contributed by atoms with van der Waals surface area (Å²) in [6.07, 6.45) is 4.99. The number of hydrogen-bond donors (Lipinski definition) is 3. The molecule has 0 saturated carbocycles. The molecule has 0 aromatic carbocycles. The molecule has 3 rings (SSSR count). The second kappa shape index (κ2) is 7.30. The van der Waals surface area contributed by atoms with Gasteiger partial charge in [0, 0.05) is 31.1 Å². The number of allylic oxidation sites excluding steroid dienone is 2. The largest absolute Gasteiger partial charge is 0.345 e. The molecule has 0 amide bonds. The second-order valence-corrected chi connectivity index (χ2v) is 6.88. The Morgan fingerprint density at radius 3 is 2.64 bits per heavy atom. The number of hydrogen-bond acceptors (Lipinski definition) is 5. The number of fused-ring (bicyclic) bond motifs is 3. The van der Waals surface area contributed by atoms with Crippen molar-refractivity contribution in [2.75, 3.05) is 7.05 Å². The molecule has 0 aliphatic heterocycles. The van der Waals surface area contributed by atoms with Crippen LogP contribution >= 0.6 is 0 Å². The van der Waals surface area contributed by atoms with E-state index < -0.39 is 10.8 Å². The van der Waals surface area contributed by atoms with Crippen molar-refractivity contribution >= 4 is 5.78 Å². The summed E-state index contributed by atoms with van der Waals surface area (Å²) in [5.74, 6) is -0.0339. The fraction of sp³-hybridized carbons (Fsp3) is 0.556. The third-order valence-electron chi connectivity index (χ3n) is 5.10. The fourth-order valence-electron chi connectivity index (χ4n) is 4.07. The van der Waals surface area contributed by atoms with Crippen molar-refractivity contribution in [3.63, 3.8) is 0 Å². The summed E-state index contributed by atoms with van der Waals surface area (Å²) in [5.41, 5.74) is 2.22. The van der Waals surface area contributed by atoms with Crippen LogP contribution in [0.25, 0.3) is 4.85 Å². The number of nitrogens with zero attached hydrogens (tertiary/aromatic N) is 2. The van der Waals surface area contributed by atoms with Gasteiger partial charge in [-0.2, -0.15) is 0 Å². The number of aryl methyl sites for hydroxylation is 1. The number of rotatable bonds is 0. The molecule has 2 aliphatic carbocycles. The van der Waals surface area contributed by atoms with Gasteiger partial charge in [-0.05, 0) is 24.3 Å². The Morgan fingerprint density at radius 2 is 2.08 bits per heavy atom. The SMILES string of the molecule is CNO.[3H]C.[C-]#[N+]C1=C[C@]2(C)c3[nH]c(=O)ncc3CC[C@H]2C(C)(C)C1=O. The van der Waals surface area contributed by atoms with Gasteiger partial charge in [-0.15, -0.1) is 0 Å². The Balaban J connectivity index is 0.000000615. The van der Waals surface area contributed by atoms with Crippen LogP contribution in [0.15, 0.2) is 22.8 Å². The molecule has 0 radical (unpaired) electrons. The van der Waals surface area contributed by atoms with E-state index in [-0.39, 0.29) is 23.1 Å². The zero-order chi connectivity index (χ0) is 20.1. The molecule has 1 heterocycles. The predicted molar refractivity (Wildman–Crippen MR) is 95.1 cm³/mol. The number of aromatic amines is 1. The minimum Gasteiger partial charge on any atom is -0.317 e. The molecule has 25 heavy (non-hydrogen) atoms. The van der Waals surface area contributed by atoms with Gasteiger partial charge < -0.3 is 15.0 Å². The molecule has 1 aromatic rings. The first-order chi connectivity index (χ1) is 12.2. The number of Topliss-reactive ketones (excluding diaryl/α,β-unsaturated/α-hetero) is 1. The number of hydroxylamine groups is 1. The van der Waals surface area contributed by atoms with Gasteiger partial charge in [0.1, 0.15) is 0 Å². The van der Waals surface area contributed by atoms with Crippen LogP contribution in [0.1, 0.15) is 47.2 Å². The predicted octanol–water partition coefficient (Wildman–Crippen LogP) is 2.23. The van der Waals surface area contributed by atoms with E-state index in [2.05, 4.69) is 14.8 Å². The molecular formula is C18H26N4O3. The molecule has 2 atom stereocenters. The molecule has 3 N–H and O–H groups in total. The number of carbonyl (C=O) groups is 1. The van der Waals surface area contributed by atoms with E-state index in [1.165, 1.54) is 14.5 Å². The number of aromatic nitrogens is 2. The number of H-pyrrole nitrogens is 1. The molecular weight excluding hydrogens is 320 g/mol. The van der Waals surface area contributed by atoms with Crippen LogP contribution < -0.4 is 11.2 Å². The molecule has 0 fully saturated rings. The third kappa shape index (κ3) is 3.28. The second-order valence-electron chi connectivity index (χ2n) is 6.88. The van der Waals surface area contributed by atoms with Crippen molar-refractivity contribution in [3.8, 4) is 0 Å². The van der Waals surface area contributed by atoms with Gasteiger partial charge in [-0.1, -0.05) is 34.2 Å². The maximum atomic E-state index is 12.5. The van der Waals surface area contributed by atoms with Gasteiger partial charge >= 0.3 is 5.69 Å². The molecule has 7 nitrogen and oxygen atoms in total. The first kappa shape index (κ1) is 19.0. The van der Waals surface area contributed by atoms with Crippen LogP contribution in [0.2, 0.25) is 0 Å². The van der Waals surface area contributed by atoms with Crippen LogP contribution in [0.4, 0.5) is 0 Å². The topological polar surface area (TPSA) is 99.4 Å². The van der Waals surface area contributed by atoms with Gasteiger partial charge in [-0.25, -0.2) is 20.1 Å². The van der Waals surface area contributed by atoms with Crippen molar-refractivity contribution < 1.29 is 11.4 Å². The molecule has 136 valence electrons. The van der Waals surface area contributed by atoms with Crippen molar-refractivity contribution in [2.24, 2.45) is 11.3 Å². The summed E-state index contributed by atoms with van der Waals surface area (Å²) in [6.45, 7) is 13.1. The lowest BCUT2D eigenvalue weighted by Crippen LogP contribution is -2.51. The summed E-state index contributed by atoms with van der Waals surface area (Å²) < 4.78 is 5.75. The van der Waals surface area contributed by atoms with Crippen LogP contribution in [-0.4, -0.2) is 28.0 Å². The zero-order valence-electron chi connectivity index (χ0n) is 16.3. The summed E-state index contributed by atoms with van der Waals surface area (Å²) in [7, 11) is 2.68. The third-order valence-corrected chi connectivity index (χ3v) is 5.10. The average Bonchev–Trinajstić information content (AvgIpc) is 2.61. The van der Waals surface area contributed by atoms with E-state index in [1.54, 1.807) is 17.8 Å². The maximum absolute atomic E-state index is 12.5. The average molecular weight is 348 g/mol. The molecule has 0 unspecified atom stereocenters. The van der Waals surface area contributed by atoms with Crippen molar-refractivity contribution in [1.29, 1.82) is 0 Å². The maximum Gasteiger partial charge on any atom is 0.345 e. The van der Waals surface area contributed by atoms with Crippen LogP contribution in [-0.2, 0) is 16.6 Å². The summed E-state index contributed by atoms with van der Waals surface area (Å²) in [6, 6.07) is 0. The minimum absolute atomic E-state index is 0.0635. The molecule has 0 saturated heterocycles. The van der Waals surface area contributed by atoms with Gasteiger partial charge in [0.05, 0.1) is 6.57 Å². The van der Waals surface area contributed by atoms with E-state index in [0.29, 0.717) is 0 Å². The van der Waals surface area contributed by atoms with E-state index in [0.717, 1.165) is 24.1 Å². The summed E-state index contributed by atoms with van der Waals surface area (Å²) in [4.78, 5) is 34.1. The molecule has 7 heteroatoms. The number of nitrogens with one attached hydrogen (secondary N) is 2. The lowest BCUT2D eigenvalue weighted by molar-refractivity contribution is -0.128. The highest BCUT2D eigenvalue weighted by molar-refractivity contribution is 6.02. The normalized spacial score (nSPS) is 26.1. The Kier molecular flexibility index (Phi) is 5.55. The highest BCUT2D eigenvalue weighted by Gasteiger charge is 2.54. The summed E-state index contributed by atoms with van der Waals surface area (Å²) >= 11 is 0. The Labute approximate surface area is 149 Å². The molecule has 1 aromatic heterocycles. The number of carbonyl (C=O) groups excluding carboxylic acids is 1. The molecule has 2 aliphatic rings. The Morgan fingerprint density at radius 1 is 1.48 bits per heavy atom. The van der Waals surface area contributed by atoms with Crippen molar-refractivity contribution in [2.45, 2.75) is 46.4 Å². The Bertz CT molecular complexity index is 794. The Hall–Kier alpha value is -2.30. The molecule has 0 spiro atoms. The van der Waals surface area contributed by atoms with Crippen LogP contribution in [0.3, 0.4) is 0 Å². The van der Waals surface area contributed by atoms with E-state index in [1.807, 2.05) is 20.8 Å². The first-order valence-electron chi connectivity index (χ1n) is 8.77. The van der Waals surface area contributed by atoms with Gasteiger partial charge in [0.2, 0.25) is 5.70 Å². The summed E-state index contributed by atoms with van der Waals surface area (Å²) in [5, 5.41) is 7.32. The standard InChI is InChI=1S/C16H17N3O2.CH5NO.CH4/c1-15(2)11-6-5-9-8-18-14(21)19-12(9)16(11,3)7-10(17-4)13(15)20;1-2-3;/h7-8,11H,5-6H2,1-3H3,(H,18,19,21);2-3H,1H3;1H4/t11-,16-;;/m0../s1/i;;1T. The lowest BCUT2D eigenvalue weighted by Gasteiger charge is -2.50. The number of ketones is 1. The highest BCUT2D eigenvalue weighted by atomic mass is 16.5. The van der Waals surface area contributed by atoms with Gasteiger partial charge in [0.25, 0.3) is 0 Å². The van der Waals surface area contributed by atoms with Crippen LogP contribution in [0, 0.1) is 17.9 Å².